The van der Waals surface area contributed by atoms with Gasteiger partial charge in [-0.15, -0.1) is 0 Å². The molecule has 0 rings (SSSR count). The number of primary amides is 1. The second-order valence-electron chi connectivity index (χ2n) is 6.60. The Balaban J connectivity index is 4.97. The molecule has 4 atom stereocenters. The van der Waals surface area contributed by atoms with Crippen molar-refractivity contribution in [3.8, 4) is 0 Å². The molecule has 0 saturated heterocycles. The highest BCUT2D eigenvalue weighted by Crippen LogP contribution is 2.01. The predicted molar refractivity (Wildman–Crippen MR) is 115 cm³/mol. The molecule has 0 aromatic heterocycles. The van der Waals surface area contributed by atoms with Gasteiger partial charge in [0.2, 0.25) is 23.6 Å². The monoisotopic (exact) mass is 462 g/mol. The number of nitrogens with two attached hydrogens (primary N) is 4. The summed E-state index contributed by atoms with van der Waals surface area (Å²) in [5, 5.41) is 16.1. The number of aliphatic carboxylic acids is 1. The average molecular weight is 463 g/mol. The summed E-state index contributed by atoms with van der Waals surface area (Å²) in [7, 11) is 0. The zero-order chi connectivity index (χ0) is 24.1. The SMILES string of the molecule is CC(NC(=O)C(CC(N)=O)NC(=O)C(N)CS)C(=O)NC(CCCN=C(N)N)C(=O)O. The van der Waals surface area contributed by atoms with Crippen LogP contribution in [0.4, 0.5) is 0 Å². The quantitative estimate of drug-likeness (QED) is 0.0523. The molecule has 31 heavy (non-hydrogen) atoms. The van der Waals surface area contributed by atoms with Crippen LogP contribution in [0.3, 0.4) is 0 Å². The van der Waals surface area contributed by atoms with E-state index in [0.717, 1.165) is 0 Å². The molecule has 0 spiro atoms. The minimum Gasteiger partial charge on any atom is -0.480 e. The van der Waals surface area contributed by atoms with Gasteiger partial charge in [0.15, 0.2) is 5.96 Å². The smallest absolute Gasteiger partial charge is 0.326 e. The zero-order valence-corrected chi connectivity index (χ0v) is 17.9. The van der Waals surface area contributed by atoms with E-state index in [1.54, 1.807) is 0 Å². The van der Waals surface area contributed by atoms with Crippen LogP contribution in [0.25, 0.3) is 0 Å². The van der Waals surface area contributed by atoms with E-state index >= 15 is 0 Å². The van der Waals surface area contributed by atoms with Crippen molar-refractivity contribution in [2.45, 2.75) is 50.4 Å². The first kappa shape index (κ1) is 27.9. The number of carboxylic acid groups (broad SMARTS) is 1. The Morgan fingerprint density at radius 1 is 0.968 bits per heavy atom. The lowest BCUT2D eigenvalue weighted by Crippen LogP contribution is -2.57. The highest BCUT2D eigenvalue weighted by atomic mass is 32.1. The van der Waals surface area contributed by atoms with Crippen molar-refractivity contribution in [2.75, 3.05) is 12.3 Å². The van der Waals surface area contributed by atoms with E-state index in [1.165, 1.54) is 6.92 Å². The summed E-state index contributed by atoms with van der Waals surface area (Å²) in [5.41, 5.74) is 21.0. The molecule has 0 aliphatic heterocycles. The van der Waals surface area contributed by atoms with E-state index < -0.39 is 60.2 Å². The van der Waals surface area contributed by atoms with Gasteiger partial charge < -0.3 is 44.0 Å². The Kier molecular flexibility index (Phi) is 12.6. The molecule has 12 N–H and O–H groups in total. The number of aliphatic imine (C=N–C) groups is 1. The van der Waals surface area contributed by atoms with Crippen LogP contribution in [0.2, 0.25) is 0 Å². The minimum absolute atomic E-state index is 0.00465. The van der Waals surface area contributed by atoms with E-state index in [2.05, 4.69) is 33.6 Å². The van der Waals surface area contributed by atoms with Crippen LogP contribution in [0, 0.1) is 0 Å². The number of carbonyl (C=O) groups is 5. The topological polar surface area (TPSA) is 258 Å². The van der Waals surface area contributed by atoms with Crippen LogP contribution in [-0.4, -0.2) is 77.1 Å². The molecule has 0 radical (unpaired) electrons. The van der Waals surface area contributed by atoms with Gasteiger partial charge in [-0.3, -0.25) is 24.2 Å². The average Bonchev–Trinajstić information content (AvgIpc) is 2.67. The fourth-order valence-corrected chi connectivity index (χ4v) is 2.38. The van der Waals surface area contributed by atoms with Gasteiger partial charge in [-0.2, -0.15) is 12.6 Å². The molecule has 0 aliphatic carbocycles. The molecule has 0 heterocycles. The Morgan fingerprint density at radius 3 is 2.03 bits per heavy atom. The van der Waals surface area contributed by atoms with Gasteiger partial charge in [0, 0.05) is 12.3 Å². The van der Waals surface area contributed by atoms with E-state index in [9.17, 15) is 29.1 Å². The van der Waals surface area contributed by atoms with Crippen molar-refractivity contribution >= 4 is 48.2 Å². The molecule has 0 aromatic carbocycles. The predicted octanol–water partition coefficient (Wildman–Crippen LogP) is -4.27. The Morgan fingerprint density at radius 2 is 1.55 bits per heavy atom. The molecule has 14 nitrogen and oxygen atoms in total. The third-order valence-corrected chi connectivity index (χ3v) is 4.28. The lowest BCUT2D eigenvalue weighted by atomic mass is 10.1. The maximum absolute atomic E-state index is 12.4. The number of carbonyl (C=O) groups excluding carboxylic acids is 4. The summed E-state index contributed by atoms with van der Waals surface area (Å²) in [6.45, 7) is 1.48. The number of hydrogen-bond acceptors (Lipinski definition) is 8. The molecule has 0 aromatic rings. The minimum atomic E-state index is -1.37. The van der Waals surface area contributed by atoms with Crippen molar-refractivity contribution in [1.82, 2.24) is 16.0 Å². The van der Waals surface area contributed by atoms with Crippen LogP contribution >= 0.6 is 12.6 Å². The standard InChI is InChI=1S/C16H30N8O6S/c1-7(12(26)23-9(15(29)30)3-2-4-21-16(19)20)22-14(28)10(5-11(18)25)24-13(27)8(17)6-31/h7-10,31H,2-6,17H2,1H3,(H2,18,25)(H,22,28)(H,23,26)(H,24,27)(H,29,30)(H4,19,20,21). The molecule has 4 amide bonds. The zero-order valence-electron chi connectivity index (χ0n) is 17.0. The summed E-state index contributed by atoms with van der Waals surface area (Å²) in [6, 6.07) is -4.82. The van der Waals surface area contributed by atoms with Gasteiger partial charge in [0.05, 0.1) is 12.5 Å². The number of hydrogen-bond donors (Lipinski definition) is 9. The van der Waals surface area contributed by atoms with E-state index in [1.807, 2.05) is 0 Å². The van der Waals surface area contributed by atoms with Crippen LogP contribution in [-0.2, 0) is 24.0 Å². The van der Waals surface area contributed by atoms with E-state index in [0.29, 0.717) is 0 Å². The van der Waals surface area contributed by atoms with Crippen molar-refractivity contribution in [3.05, 3.63) is 0 Å². The normalized spacial score (nSPS) is 14.3. The fourth-order valence-electron chi connectivity index (χ4n) is 2.21. The maximum atomic E-state index is 12.4. The third kappa shape index (κ3) is 11.6. The highest BCUT2D eigenvalue weighted by molar-refractivity contribution is 7.80. The Hall–Kier alpha value is -3.07. The van der Waals surface area contributed by atoms with Crippen molar-refractivity contribution in [1.29, 1.82) is 0 Å². The van der Waals surface area contributed by atoms with Gasteiger partial charge in [0.1, 0.15) is 18.1 Å². The van der Waals surface area contributed by atoms with Crippen molar-refractivity contribution in [2.24, 2.45) is 27.9 Å². The maximum Gasteiger partial charge on any atom is 0.326 e. The second kappa shape index (κ2) is 14.0. The van der Waals surface area contributed by atoms with Crippen molar-refractivity contribution in [3.63, 3.8) is 0 Å². The summed E-state index contributed by atoms with van der Waals surface area (Å²) in [6.07, 6.45) is -0.206. The molecule has 0 aliphatic rings. The first-order valence-corrected chi connectivity index (χ1v) is 9.86. The van der Waals surface area contributed by atoms with E-state index in [-0.39, 0.29) is 31.1 Å². The number of nitrogens with zero attached hydrogens (tertiary/aromatic N) is 1. The molecule has 176 valence electrons. The number of rotatable bonds is 14. The Bertz CT molecular complexity index is 700. The molecule has 0 fully saturated rings. The molecular weight excluding hydrogens is 432 g/mol. The molecule has 4 unspecified atom stereocenters. The van der Waals surface area contributed by atoms with Gasteiger partial charge in [-0.25, -0.2) is 4.79 Å². The number of guanidine groups is 1. The molecule has 0 saturated carbocycles. The summed E-state index contributed by atoms with van der Waals surface area (Å²) < 4.78 is 0. The number of nitrogens with one attached hydrogen (secondary N) is 3. The Labute approximate surface area is 184 Å². The number of carboxylic acids is 1. The lowest BCUT2D eigenvalue weighted by molar-refractivity contribution is -0.142. The summed E-state index contributed by atoms with van der Waals surface area (Å²) >= 11 is 3.87. The van der Waals surface area contributed by atoms with Crippen molar-refractivity contribution < 1.29 is 29.1 Å². The number of amides is 4. The fraction of sp³-hybridized carbons (Fsp3) is 0.625. The molecular formula is C16H30N8O6S. The van der Waals surface area contributed by atoms with Crippen LogP contribution < -0.4 is 38.9 Å². The largest absolute Gasteiger partial charge is 0.480 e. The van der Waals surface area contributed by atoms with Gasteiger partial charge in [-0.05, 0) is 19.8 Å². The van der Waals surface area contributed by atoms with Crippen LogP contribution in [0.15, 0.2) is 4.99 Å². The van der Waals surface area contributed by atoms with E-state index in [4.69, 9.17) is 22.9 Å². The summed E-state index contributed by atoms with van der Waals surface area (Å²) in [5.74, 6) is -4.70. The van der Waals surface area contributed by atoms with Gasteiger partial charge >= 0.3 is 5.97 Å². The summed E-state index contributed by atoms with van der Waals surface area (Å²) in [4.78, 5) is 62.9. The molecule has 15 heteroatoms. The van der Waals surface area contributed by atoms with Crippen LogP contribution in [0.5, 0.6) is 0 Å². The van der Waals surface area contributed by atoms with Gasteiger partial charge in [-0.1, -0.05) is 0 Å². The lowest BCUT2D eigenvalue weighted by Gasteiger charge is -2.22. The number of thiol groups is 1. The van der Waals surface area contributed by atoms with Gasteiger partial charge in [0.25, 0.3) is 0 Å². The third-order valence-electron chi connectivity index (χ3n) is 3.88. The second-order valence-corrected chi connectivity index (χ2v) is 6.96. The highest BCUT2D eigenvalue weighted by Gasteiger charge is 2.29. The van der Waals surface area contributed by atoms with Crippen LogP contribution in [0.1, 0.15) is 26.2 Å². The first-order valence-electron chi connectivity index (χ1n) is 9.23. The molecule has 0 bridgehead atoms. The first-order chi connectivity index (χ1) is 14.4.